The number of rotatable bonds is 42. The fourth-order valence-electron chi connectivity index (χ4n) is 11.8. The number of ketones is 2. The number of para-hydroxylation sites is 2. The molecule has 4 aromatic carbocycles. The molecule has 1 aliphatic rings. The Morgan fingerprint density at radius 2 is 0.662 bits per heavy atom. The van der Waals surface area contributed by atoms with Crippen LogP contribution in [0.4, 0.5) is 11.4 Å². The van der Waals surface area contributed by atoms with E-state index in [2.05, 4.69) is 120 Å². The number of carbonyl (C=O) groups excluding carboxylic acids is 2. The largest absolute Gasteiger partial charge is 0.491 e. The molecule has 0 spiro atoms. The van der Waals surface area contributed by atoms with E-state index in [-0.39, 0.29) is 21.5 Å². The van der Waals surface area contributed by atoms with Crippen molar-refractivity contribution in [1.29, 1.82) is 0 Å². The van der Waals surface area contributed by atoms with Gasteiger partial charge in [0.05, 0.1) is 35.6 Å². The number of aryl methyl sites for hydroxylation is 2. The zero-order valence-electron chi connectivity index (χ0n) is 49.7. The van der Waals surface area contributed by atoms with Gasteiger partial charge in [-0.1, -0.05) is 267 Å². The SMILES string of the molecule is CCCCCCCCCCCCOc1cc2c(cc1NC1=C(Cl)C(=O)C(Nc3cc4c5ccccc5n(CCCCCCCC)c4cc3OCCCCCCCCCCCC)=C(Cl)C1=O)c1ccccc1n2CCCCCCCC. The average Bonchev–Trinajstić information content (AvgIpc) is 3.96. The molecular formula is C70H98Cl2N4O4. The Balaban J connectivity index is 1.14. The number of nitrogens with one attached hydrogen (secondary N) is 2. The monoisotopic (exact) mass is 1130 g/mol. The molecule has 0 saturated heterocycles. The van der Waals surface area contributed by atoms with Crippen molar-refractivity contribution < 1.29 is 19.1 Å². The lowest BCUT2D eigenvalue weighted by Gasteiger charge is -2.22. The van der Waals surface area contributed by atoms with Crippen molar-refractivity contribution >= 4 is 89.8 Å². The van der Waals surface area contributed by atoms with Gasteiger partial charge in [0.2, 0.25) is 11.6 Å². The molecule has 1 aliphatic carbocycles. The van der Waals surface area contributed by atoms with Gasteiger partial charge < -0.3 is 29.2 Å². The predicted octanol–water partition coefficient (Wildman–Crippen LogP) is 21.8. The van der Waals surface area contributed by atoms with Crippen LogP contribution in [0.15, 0.2) is 94.3 Å². The zero-order chi connectivity index (χ0) is 56.3. The minimum absolute atomic E-state index is 0.0724. The summed E-state index contributed by atoms with van der Waals surface area (Å²) in [4.78, 5) is 29.5. The minimum Gasteiger partial charge on any atom is -0.491 e. The number of allylic oxidation sites excluding steroid dienone is 2. The molecule has 2 N–H and O–H groups in total. The molecule has 436 valence electrons. The fourth-order valence-corrected chi connectivity index (χ4v) is 12.3. The number of halogens is 2. The van der Waals surface area contributed by atoms with Gasteiger partial charge in [-0.3, -0.25) is 9.59 Å². The molecule has 80 heavy (non-hydrogen) atoms. The maximum atomic E-state index is 14.7. The van der Waals surface area contributed by atoms with Crippen molar-refractivity contribution in [2.75, 3.05) is 23.8 Å². The fraction of sp³-hybridized carbons (Fsp3) is 0.571. The highest BCUT2D eigenvalue weighted by Crippen LogP contribution is 2.42. The average molecular weight is 1130 g/mol. The van der Waals surface area contributed by atoms with Crippen LogP contribution >= 0.6 is 23.2 Å². The molecule has 0 amide bonds. The summed E-state index contributed by atoms with van der Waals surface area (Å²) >= 11 is 14.2. The van der Waals surface area contributed by atoms with E-state index in [0.29, 0.717) is 36.1 Å². The highest BCUT2D eigenvalue weighted by Gasteiger charge is 2.35. The van der Waals surface area contributed by atoms with Crippen LogP contribution in [0.25, 0.3) is 43.6 Å². The Kier molecular flexibility index (Phi) is 27.0. The molecule has 0 saturated carbocycles. The summed E-state index contributed by atoms with van der Waals surface area (Å²) in [6, 6.07) is 25.3. The number of Topliss-reactive ketones (excluding diaryl/α,β-unsaturated/α-hetero) is 2. The number of unbranched alkanes of at least 4 members (excludes halogenated alkanes) is 28. The third kappa shape index (κ3) is 17.6. The Labute approximate surface area is 491 Å². The first-order valence-electron chi connectivity index (χ1n) is 32.1. The molecule has 8 nitrogen and oxygen atoms in total. The maximum absolute atomic E-state index is 14.7. The summed E-state index contributed by atoms with van der Waals surface area (Å²) < 4.78 is 18.2. The predicted molar refractivity (Wildman–Crippen MR) is 343 cm³/mol. The molecule has 0 radical (unpaired) electrons. The lowest BCUT2D eigenvalue weighted by Crippen LogP contribution is -2.27. The van der Waals surface area contributed by atoms with Crippen molar-refractivity contribution in [1.82, 2.24) is 9.13 Å². The van der Waals surface area contributed by atoms with Gasteiger partial charge >= 0.3 is 0 Å². The normalized spacial score (nSPS) is 13.1. The standard InChI is InChI=1S/C70H98Cl2N4O4/c1-5-9-13-17-21-23-25-27-31-39-47-79-63-51-61-55(53-41-33-35-43-59(53)75(61)45-37-29-19-15-11-7-3)49-57(63)73-67-65(71)70(78)68(66(72)69(67)77)74-58-50-56-54-42-34-36-44-60(54)76(46-38-30-20-16-12-8-4)62(56)52-64(58)80-48-40-32-28-26-24-22-18-14-10-6-2/h33-36,41-44,49-52,73-74H,5-32,37-40,45-48H2,1-4H3. The van der Waals surface area contributed by atoms with Crippen molar-refractivity contribution in [2.24, 2.45) is 0 Å². The number of carbonyl (C=O) groups is 2. The molecule has 6 aromatic rings. The van der Waals surface area contributed by atoms with E-state index in [1.807, 2.05) is 0 Å². The summed E-state index contributed by atoms with van der Waals surface area (Å²) in [6.07, 6.45) is 39.1. The first-order chi connectivity index (χ1) is 39.3. The van der Waals surface area contributed by atoms with Gasteiger partial charge in [0, 0.05) is 57.8 Å². The molecule has 0 fully saturated rings. The third-order valence-electron chi connectivity index (χ3n) is 16.5. The molecule has 10 heteroatoms. The summed E-state index contributed by atoms with van der Waals surface area (Å²) in [5.74, 6) is 0.0635. The smallest absolute Gasteiger partial charge is 0.224 e. The number of benzene rings is 4. The van der Waals surface area contributed by atoms with E-state index >= 15 is 0 Å². The van der Waals surface area contributed by atoms with E-state index in [1.54, 1.807) is 0 Å². The Bertz CT molecular complexity index is 2750. The number of hydrogen-bond acceptors (Lipinski definition) is 6. The first kappa shape index (κ1) is 62.7. The second kappa shape index (κ2) is 34.5. The van der Waals surface area contributed by atoms with Crippen molar-refractivity contribution in [2.45, 2.75) is 246 Å². The van der Waals surface area contributed by atoms with Crippen molar-refractivity contribution in [3.8, 4) is 11.5 Å². The molecule has 2 heterocycles. The van der Waals surface area contributed by atoms with Crippen LogP contribution in [0.5, 0.6) is 11.5 Å². The summed E-state index contributed by atoms with van der Waals surface area (Å²) in [5, 5.41) is 10.5. The number of nitrogens with zero attached hydrogens (tertiary/aromatic N) is 2. The molecule has 2 aromatic heterocycles. The summed E-state index contributed by atoms with van der Waals surface area (Å²) in [7, 11) is 0. The van der Waals surface area contributed by atoms with E-state index in [0.717, 1.165) is 95.2 Å². The van der Waals surface area contributed by atoms with Gasteiger partial charge in [0.1, 0.15) is 33.0 Å². The van der Waals surface area contributed by atoms with Crippen LogP contribution in [0.3, 0.4) is 0 Å². The van der Waals surface area contributed by atoms with Crippen LogP contribution in [0, 0.1) is 0 Å². The summed E-state index contributed by atoms with van der Waals surface area (Å²) in [5.41, 5.74) is 5.45. The van der Waals surface area contributed by atoms with E-state index < -0.39 is 11.6 Å². The quantitative estimate of drug-likeness (QED) is 0.0293. The molecular weight excluding hydrogens is 1030 g/mol. The first-order valence-corrected chi connectivity index (χ1v) is 32.8. The van der Waals surface area contributed by atoms with Gasteiger partial charge in [-0.15, -0.1) is 0 Å². The zero-order valence-corrected chi connectivity index (χ0v) is 51.2. The van der Waals surface area contributed by atoms with Gasteiger partial charge in [0.15, 0.2) is 0 Å². The van der Waals surface area contributed by atoms with Crippen LogP contribution in [-0.4, -0.2) is 33.9 Å². The number of aromatic nitrogens is 2. The second-order valence-electron chi connectivity index (χ2n) is 23.0. The van der Waals surface area contributed by atoms with Crippen LogP contribution in [0.1, 0.15) is 233 Å². The molecule has 0 unspecified atom stereocenters. The highest BCUT2D eigenvalue weighted by molar-refractivity contribution is 6.56. The summed E-state index contributed by atoms with van der Waals surface area (Å²) in [6.45, 7) is 11.9. The topological polar surface area (TPSA) is 86.5 Å². The van der Waals surface area contributed by atoms with Crippen molar-refractivity contribution in [3.63, 3.8) is 0 Å². The lowest BCUT2D eigenvalue weighted by molar-refractivity contribution is -0.115. The lowest BCUT2D eigenvalue weighted by atomic mass is 10.0. The number of fused-ring (bicyclic) bond motifs is 6. The Hall–Kier alpha value is -4.92. The van der Waals surface area contributed by atoms with Gasteiger partial charge in [-0.25, -0.2) is 0 Å². The molecule has 7 rings (SSSR count). The highest BCUT2D eigenvalue weighted by atomic mass is 35.5. The van der Waals surface area contributed by atoms with Crippen LogP contribution in [-0.2, 0) is 22.7 Å². The number of hydrogen-bond donors (Lipinski definition) is 2. The Morgan fingerprint density at radius 3 is 1.00 bits per heavy atom. The van der Waals surface area contributed by atoms with Gasteiger partial charge in [0.25, 0.3) is 0 Å². The van der Waals surface area contributed by atoms with E-state index in [4.69, 9.17) is 32.7 Å². The third-order valence-corrected chi connectivity index (χ3v) is 17.3. The molecule has 0 bridgehead atoms. The molecule has 0 atom stereocenters. The Morgan fingerprint density at radius 1 is 0.362 bits per heavy atom. The van der Waals surface area contributed by atoms with Gasteiger partial charge in [-0.05, 0) is 49.9 Å². The van der Waals surface area contributed by atoms with Crippen LogP contribution < -0.4 is 20.1 Å². The maximum Gasteiger partial charge on any atom is 0.224 e. The van der Waals surface area contributed by atoms with E-state index in [1.165, 1.54) is 167 Å². The van der Waals surface area contributed by atoms with Crippen molar-refractivity contribution in [3.05, 3.63) is 94.3 Å². The second-order valence-corrected chi connectivity index (χ2v) is 23.7. The van der Waals surface area contributed by atoms with Gasteiger partial charge in [-0.2, -0.15) is 0 Å². The minimum atomic E-state index is -0.575. The molecule has 0 aliphatic heterocycles. The number of anilines is 2. The van der Waals surface area contributed by atoms with E-state index in [9.17, 15) is 9.59 Å². The van der Waals surface area contributed by atoms with Crippen LogP contribution in [0.2, 0.25) is 0 Å². The number of ether oxygens (including phenoxy) is 2.